The highest BCUT2D eigenvalue weighted by Gasteiger charge is 2.44. The minimum atomic E-state index is -4.81. The smallest absolute Gasteiger partial charge is 0.427 e. The van der Waals surface area contributed by atoms with Gasteiger partial charge in [0, 0.05) is 10.9 Å². The molecule has 4 aromatic carbocycles. The van der Waals surface area contributed by atoms with Gasteiger partial charge in [0.1, 0.15) is 17.4 Å². The molecule has 2 unspecified atom stereocenters. The van der Waals surface area contributed by atoms with Crippen molar-refractivity contribution < 1.29 is 41.0 Å². The molecule has 0 aliphatic rings. The number of halogens is 7. The number of carbonyl (C=O) groups excluding carboxylic acids is 1. The van der Waals surface area contributed by atoms with Gasteiger partial charge < -0.3 is 15.2 Å². The fraction of sp³-hybridized carbons (Fsp3) is 0.179. The molecule has 0 aliphatic heterocycles. The van der Waals surface area contributed by atoms with Crippen molar-refractivity contribution in [2.45, 2.75) is 31.1 Å². The lowest BCUT2D eigenvalue weighted by molar-refractivity contribution is -0.253. The summed E-state index contributed by atoms with van der Waals surface area (Å²) in [6.45, 7) is 0. The van der Waals surface area contributed by atoms with Crippen molar-refractivity contribution in [3.8, 4) is 5.75 Å². The first kappa shape index (κ1) is 28.3. The van der Waals surface area contributed by atoms with Gasteiger partial charge in [-0.15, -0.1) is 0 Å². The maximum absolute atomic E-state index is 14.3. The highest BCUT2D eigenvalue weighted by Crippen LogP contribution is 2.34. The molecule has 2 N–H and O–H groups in total. The standard InChI is InChI=1S/C28H20ClF6NO3/c29-21-11-5-15(14-24(21)39-28(34,35)27(32)33)13-23(25(37)16-6-8-17(30)9-7-16)36-26(38)20-10-12-22(31)19-4-2-1-3-18(19)20/h1-12,14,23,25,27,37H,13H2,(H,36,38). The predicted molar refractivity (Wildman–Crippen MR) is 133 cm³/mol. The number of hydrogen-bond donors (Lipinski definition) is 2. The van der Waals surface area contributed by atoms with Crippen molar-refractivity contribution in [1.82, 2.24) is 5.32 Å². The molecule has 0 fully saturated rings. The summed E-state index contributed by atoms with van der Waals surface area (Å²) in [5.74, 6) is -2.53. The second kappa shape index (κ2) is 11.5. The number of benzene rings is 4. The number of aliphatic hydroxyl groups is 1. The first-order chi connectivity index (χ1) is 18.5. The fourth-order valence-electron chi connectivity index (χ4n) is 4.04. The van der Waals surface area contributed by atoms with Crippen LogP contribution < -0.4 is 10.1 Å². The Kier molecular flexibility index (Phi) is 8.36. The van der Waals surface area contributed by atoms with E-state index in [1.165, 1.54) is 30.3 Å². The van der Waals surface area contributed by atoms with E-state index in [9.17, 15) is 36.2 Å². The molecule has 0 saturated carbocycles. The first-order valence-electron chi connectivity index (χ1n) is 11.5. The molecule has 0 saturated heterocycles. The van der Waals surface area contributed by atoms with E-state index in [1.807, 2.05) is 0 Å². The Morgan fingerprint density at radius 2 is 1.62 bits per heavy atom. The normalized spacial score (nSPS) is 13.4. The van der Waals surface area contributed by atoms with Crippen LogP contribution in [0.15, 0.2) is 78.9 Å². The number of fused-ring (bicyclic) bond motifs is 1. The SMILES string of the molecule is O=C(NC(Cc1ccc(Cl)c(OC(F)(F)C(F)F)c1)C(O)c1ccc(F)cc1)c1ccc(F)c2ccccc12. The third kappa shape index (κ3) is 6.46. The van der Waals surface area contributed by atoms with Crippen LogP contribution in [0.1, 0.15) is 27.6 Å². The van der Waals surface area contributed by atoms with Gasteiger partial charge in [-0.3, -0.25) is 4.79 Å². The second-order valence-electron chi connectivity index (χ2n) is 8.65. The van der Waals surface area contributed by atoms with Crippen molar-refractivity contribution >= 4 is 28.3 Å². The van der Waals surface area contributed by atoms with Crippen molar-refractivity contribution in [2.24, 2.45) is 0 Å². The highest BCUT2D eigenvalue weighted by atomic mass is 35.5. The van der Waals surface area contributed by atoms with Gasteiger partial charge >= 0.3 is 12.5 Å². The van der Waals surface area contributed by atoms with Crippen molar-refractivity contribution in [3.05, 3.63) is 112 Å². The average Bonchev–Trinajstić information content (AvgIpc) is 2.90. The number of carbonyl (C=O) groups is 1. The molecule has 4 nitrogen and oxygen atoms in total. The van der Waals surface area contributed by atoms with Crippen LogP contribution in [0.25, 0.3) is 10.8 Å². The summed E-state index contributed by atoms with van der Waals surface area (Å²) < 4.78 is 84.2. The molecule has 0 radical (unpaired) electrons. The molecule has 0 aromatic heterocycles. The molecule has 4 rings (SSSR count). The third-order valence-corrected chi connectivity index (χ3v) is 6.29. The number of amides is 1. The van der Waals surface area contributed by atoms with Crippen LogP contribution in [-0.2, 0) is 6.42 Å². The number of hydrogen-bond acceptors (Lipinski definition) is 3. The summed E-state index contributed by atoms with van der Waals surface area (Å²) >= 11 is 5.86. The molecule has 1 amide bonds. The van der Waals surface area contributed by atoms with Crippen molar-refractivity contribution in [1.29, 1.82) is 0 Å². The van der Waals surface area contributed by atoms with E-state index in [4.69, 9.17) is 11.6 Å². The lowest BCUT2D eigenvalue weighted by Crippen LogP contribution is -2.41. The summed E-state index contributed by atoms with van der Waals surface area (Å²) in [6.07, 6.45) is -10.6. The van der Waals surface area contributed by atoms with Gasteiger partial charge in [0.25, 0.3) is 5.91 Å². The maximum Gasteiger partial charge on any atom is 0.461 e. The van der Waals surface area contributed by atoms with E-state index in [0.717, 1.165) is 30.3 Å². The summed E-state index contributed by atoms with van der Waals surface area (Å²) in [6, 6.07) is 15.8. The van der Waals surface area contributed by atoms with Crippen LogP contribution in [0.5, 0.6) is 5.75 Å². The number of ether oxygens (including phenoxy) is 1. The highest BCUT2D eigenvalue weighted by molar-refractivity contribution is 6.32. The van der Waals surface area contributed by atoms with E-state index in [1.54, 1.807) is 18.2 Å². The van der Waals surface area contributed by atoms with Crippen molar-refractivity contribution in [3.63, 3.8) is 0 Å². The zero-order valence-corrected chi connectivity index (χ0v) is 20.6. The van der Waals surface area contributed by atoms with E-state index < -0.39 is 48.0 Å². The molecular weight excluding hydrogens is 548 g/mol. The van der Waals surface area contributed by atoms with Gasteiger partial charge in [-0.05, 0) is 59.3 Å². The fourth-order valence-corrected chi connectivity index (χ4v) is 4.19. The number of nitrogens with one attached hydrogen (secondary N) is 1. The largest absolute Gasteiger partial charge is 0.461 e. The van der Waals surface area contributed by atoms with Gasteiger partial charge in [-0.25, -0.2) is 8.78 Å². The van der Waals surface area contributed by atoms with Crippen molar-refractivity contribution in [2.75, 3.05) is 0 Å². The van der Waals surface area contributed by atoms with Crippen LogP contribution in [0.2, 0.25) is 5.02 Å². The van der Waals surface area contributed by atoms with E-state index in [0.29, 0.717) is 5.39 Å². The molecule has 0 spiro atoms. The molecule has 0 bridgehead atoms. The maximum atomic E-state index is 14.3. The Labute approximate surface area is 223 Å². The monoisotopic (exact) mass is 567 g/mol. The minimum absolute atomic E-state index is 0.0972. The van der Waals surface area contributed by atoms with Crippen LogP contribution >= 0.6 is 11.6 Å². The Hall–Kier alpha value is -3.76. The zero-order chi connectivity index (χ0) is 28.3. The van der Waals surface area contributed by atoms with E-state index >= 15 is 0 Å². The second-order valence-corrected chi connectivity index (χ2v) is 9.06. The van der Waals surface area contributed by atoms with Crippen LogP contribution in [0.3, 0.4) is 0 Å². The van der Waals surface area contributed by atoms with Crippen LogP contribution in [0.4, 0.5) is 26.3 Å². The molecule has 39 heavy (non-hydrogen) atoms. The minimum Gasteiger partial charge on any atom is -0.427 e. The average molecular weight is 568 g/mol. The summed E-state index contributed by atoms with van der Waals surface area (Å²) in [4.78, 5) is 13.3. The van der Waals surface area contributed by atoms with Gasteiger partial charge in [0.15, 0.2) is 0 Å². The molecule has 204 valence electrons. The van der Waals surface area contributed by atoms with E-state index in [-0.39, 0.29) is 33.5 Å². The summed E-state index contributed by atoms with van der Waals surface area (Å²) in [7, 11) is 0. The molecule has 4 aromatic rings. The molecule has 11 heteroatoms. The van der Waals surface area contributed by atoms with Crippen LogP contribution in [-0.4, -0.2) is 29.6 Å². The lowest BCUT2D eigenvalue weighted by atomic mass is 9.95. The zero-order valence-electron chi connectivity index (χ0n) is 19.9. The Morgan fingerprint density at radius 3 is 2.28 bits per heavy atom. The molecule has 0 heterocycles. The number of aliphatic hydroxyl groups excluding tert-OH is 1. The van der Waals surface area contributed by atoms with E-state index in [2.05, 4.69) is 10.1 Å². The quantitative estimate of drug-likeness (QED) is 0.212. The first-order valence-corrected chi connectivity index (χ1v) is 11.9. The van der Waals surface area contributed by atoms with Gasteiger partial charge in [0.2, 0.25) is 0 Å². The topological polar surface area (TPSA) is 58.6 Å². The Morgan fingerprint density at radius 1 is 0.949 bits per heavy atom. The summed E-state index contributed by atoms with van der Waals surface area (Å²) in [5.41, 5.74) is 0.509. The van der Waals surface area contributed by atoms with Gasteiger partial charge in [-0.2, -0.15) is 17.6 Å². The Bertz CT molecular complexity index is 1480. The van der Waals surface area contributed by atoms with Crippen LogP contribution in [0, 0.1) is 11.6 Å². The number of alkyl halides is 4. The van der Waals surface area contributed by atoms with Gasteiger partial charge in [0.05, 0.1) is 17.2 Å². The van der Waals surface area contributed by atoms with Gasteiger partial charge in [-0.1, -0.05) is 54.1 Å². The summed E-state index contributed by atoms with van der Waals surface area (Å²) in [5, 5.41) is 13.9. The molecular formula is C28H20ClF6NO3. The Balaban J connectivity index is 1.68. The third-order valence-electron chi connectivity index (χ3n) is 5.98. The number of rotatable bonds is 9. The lowest BCUT2D eigenvalue weighted by Gasteiger charge is -2.26. The molecule has 2 atom stereocenters. The predicted octanol–water partition coefficient (Wildman–Crippen LogP) is 7.08. The molecule has 0 aliphatic carbocycles.